The van der Waals surface area contributed by atoms with E-state index in [-0.39, 0.29) is 5.75 Å². The highest BCUT2D eigenvalue weighted by Gasteiger charge is 2.10. The molecular weight excluding hydrogens is 326 g/mol. The molecule has 5 nitrogen and oxygen atoms in total. The second-order valence-corrected chi connectivity index (χ2v) is 5.72. The minimum Gasteiger partial charge on any atom is -0.434 e. The molecule has 0 aliphatic heterocycles. The molecular formula is C18H30F2N4O. The minimum atomic E-state index is -2.83. The molecule has 2 N–H and O–H groups in total. The molecule has 142 valence electrons. The molecule has 7 heteroatoms. The summed E-state index contributed by atoms with van der Waals surface area (Å²) in [5.41, 5.74) is 1.66. The zero-order valence-corrected chi connectivity index (χ0v) is 15.6. The zero-order chi connectivity index (χ0) is 18.7. The highest BCUT2D eigenvalue weighted by Crippen LogP contribution is 2.21. The fraction of sp³-hybridized carbons (Fsp3) is 0.611. The SMILES string of the molecule is CCN(CC)CCCNC(=NC)NCc1cc(C)ccc1OC(F)F. The van der Waals surface area contributed by atoms with Gasteiger partial charge in [0, 0.05) is 25.7 Å². The number of hydrogen-bond acceptors (Lipinski definition) is 3. The number of alkyl halides is 2. The van der Waals surface area contributed by atoms with Gasteiger partial charge in [0.15, 0.2) is 5.96 Å². The Balaban J connectivity index is 2.50. The van der Waals surface area contributed by atoms with Crippen LogP contribution >= 0.6 is 0 Å². The molecule has 0 saturated heterocycles. The van der Waals surface area contributed by atoms with Crippen LogP contribution in [0.4, 0.5) is 8.78 Å². The van der Waals surface area contributed by atoms with Crippen LogP contribution in [0.5, 0.6) is 5.75 Å². The molecule has 1 aromatic carbocycles. The standard InChI is InChI=1S/C18H30F2N4O/c1-5-24(6-2)11-7-10-22-18(21-4)23-13-15-12-14(3)8-9-16(15)25-17(19)20/h8-9,12,17H,5-7,10-11,13H2,1-4H3,(H2,21,22,23). The topological polar surface area (TPSA) is 48.9 Å². The molecule has 0 unspecified atom stereocenters. The van der Waals surface area contributed by atoms with Gasteiger partial charge in [-0.25, -0.2) is 0 Å². The van der Waals surface area contributed by atoms with Gasteiger partial charge in [-0.05, 0) is 39.0 Å². The molecule has 0 amide bonds. The normalized spacial score (nSPS) is 11.9. The number of hydrogen-bond donors (Lipinski definition) is 2. The quantitative estimate of drug-likeness (QED) is 0.384. The molecule has 0 spiro atoms. The van der Waals surface area contributed by atoms with E-state index in [1.807, 2.05) is 13.0 Å². The lowest BCUT2D eigenvalue weighted by atomic mass is 10.1. The van der Waals surface area contributed by atoms with E-state index in [1.165, 1.54) is 0 Å². The van der Waals surface area contributed by atoms with Crippen molar-refractivity contribution in [2.45, 2.75) is 40.3 Å². The average molecular weight is 356 g/mol. The third kappa shape index (κ3) is 8.16. The Bertz CT molecular complexity index is 534. The van der Waals surface area contributed by atoms with Crippen molar-refractivity contribution in [1.82, 2.24) is 15.5 Å². The number of aliphatic imine (C=N–C) groups is 1. The number of nitrogens with zero attached hydrogens (tertiary/aromatic N) is 2. The molecule has 0 aliphatic carbocycles. The smallest absolute Gasteiger partial charge is 0.387 e. The summed E-state index contributed by atoms with van der Waals surface area (Å²) in [6.45, 7) is 7.66. The zero-order valence-electron chi connectivity index (χ0n) is 15.6. The Labute approximate surface area is 149 Å². The van der Waals surface area contributed by atoms with Crippen LogP contribution in [-0.2, 0) is 6.54 Å². The summed E-state index contributed by atoms with van der Waals surface area (Å²) < 4.78 is 29.6. The molecule has 25 heavy (non-hydrogen) atoms. The second kappa shape index (κ2) is 11.6. The Morgan fingerprint density at radius 1 is 1.24 bits per heavy atom. The summed E-state index contributed by atoms with van der Waals surface area (Å²) >= 11 is 0. The van der Waals surface area contributed by atoms with Crippen molar-refractivity contribution in [3.05, 3.63) is 29.3 Å². The lowest BCUT2D eigenvalue weighted by Gasteiger charge is -2.18. The number of aryl methyl sites for hydroxylation is 1. The van der Waals surface area contributed by atoms with Gasteiger partial charge in [0.05, 0.1) is 0 Å². The molecule has 0 bridgehead atoms. The van der Waals surface area contributed by atoms with Gasteiger partial charge in [-0.1, -0.05) is 31.5 Å². The van der Waals surface area contributed by atoms with E-state index in [9.17, 15) is 8.78 Å². The predicted molar refractivity (Wildman–Crippen MR) is 98.4 cm³/mol. The third-order valence-corrected chi connectivity index (χ3v) is 3.94. The van der Waals surface area contributed by atoms with Crippen molar-refractivity contribution >= 4 is 5.96 Å². The first-order valence-corrected chi connectivity index (χ1v) is 8.71. The Kier molecular flexibility index (Phi) is 9.84. The van der Waals surface area contributed by atoms with Gasteiger partial charge in [-0.3, -0.25) is 4.99 Å². The summed E-state index contributed by atoms with van der Waals surface area (Å²) in [6, 6.07) is 5.15. The van der Waals surface area contributed by atoms with Gasteiger partial charge >= 0.3 is 6.61 Å². The van der Waals surface area contributed by atoms with Crippen molar-refractivity contribution < 1.29 is 13.5 Å². The molecule has 0 aromatic heterocycles. The number of rotatable bonds is 10. The summed E-state index contributed by atoms with van der Waals surface area (Å²) in [6.07, 6.45) is 1.01. The predicted octanol–water partition coefficient (Wildman–Crippen LogP) is 2.99. The van der Waals surface area contributed by atoms with Crippen LogP contribution in [0.1, 0.15) is 31.4 Å². The molecule has 0 fully saturated rings. The number of ether oxygens (including phenoxy) is 1. The first-order chi connectivity index (χ1) is 12.0. The molecule has 1 aromatic rings. The van der Waals surface area contributed by atoms with Crippen molar-refractivity contribution in [3.8, 4) is 5.75 Å². The Morgan fingerprint density at radius 3 is 2.56 bits per heavy atom. The van der Waals surface area contributed by atoms with Crippen LogP contribution in [-0.4, -0.2) is 50.7 Å². The van der Waals surface area contributed by atoms with Gasteiger partial charge in [0.1, 0.15) is 5.75 Å². The Morgan fingerprint density at radius 2 is 1.96 bits per heavy atom. The maximum absolute atomic E-state index is 12.5. The molecule has 1 rings (SSSR count). The largest absolute Gasteiger partial charge is 0.434 e. The summed E-state index contributed by atoms with van der Waals surface area (Å²) in [5.74, 6) is 0.828. The molecule has 0 saturated carbocycles. The fourth-order valence-electron chi connectivity index (χ4n) is 2.51. The molecule has 0 atom stereocenters. The third-order valence-electron chi connectivity index (χ3n) is 3.94. The monoisotopic (exact) mass is 356 g/mol. The van der Waals surface area contributed by atoms with E-state index in [4.69, 9.17) is 0 Å². The first-order valence-electron chi connectivity index (χ1n) is 8.71. The van der Waals surface area contributed by atoms with E-state index in [0.29, 0.717) is 18.1 Å². The van der Waals surface area contributed by atoms with E-state index in [2.05, 4.69) is 39.1 Å². The van der Waals surface area contributed by atoms with Crippen molar-refractivity contribution in [3.63, 3.8) is 0 Å². The van der Waals surface area contributed by atoms with Gasteiger partial charge < -0.3 is 20.3 Å². The van der Waals surface area contributed by atoms with E-state index in [1.54, 1.807) is 19.2 Å². The highest BCUT2D eigenvalue weighted by molar-refractivity contribution is 5.79. The lowest BCUT2D eigenvalue weighted by molar-refractivity contribution is -0.0504. The van der Waals surface area contributed by atoms with Gasteiger partial charge in [-0.15, -0.1) is 0 Å². The van der Waals surface area contributed by atoms with E-state index >= 15 is 0 Å². The van der Waals surface area contributed by atoms with Crippen LogP contribution in [0.25, 0.3) is 0 Å². The van der Waals surface area contributed by atoms with Crippen molar-refractivity contribution in [2.24, 2.45) is 4.99 Å². The summed E-state index contributed by atoms with van der Waals surface area (Å²) in [5, 5.41) is 6.38. The van der Waals surface area contributed by atoms with Crippen LogP contribution in [0, 0.1) is 6.92 Å². The lowest BCUT2D eigenvalue weighted by Crippen LogP contribution is -2.38. The minimum absolute atomic E-state index is 0.185. The van der Waals surface area contributed by atoms with Crippen molar-refractivity contribution in [1.29, 1.82) is 0 Å². The molecule has 0 aliphatic rings. The van der Waals surface area contributed by atoms with E-state index < -0.39 is 6.61 Å². The summed E-state index contributed by atoms with van der Waals surface area (Å²) in [4.78, 5) is 6.52. The van der Waals surface area contributed by atoms with Gasteiger partial charge in [0.25, 0.3) is 0 Å². The number of nitrogens with one attached hydrogen (secondary N) is 2. The second-order valence-electron chi connectivity index (χ2n) is 5.72. The Hall–Kier alpha value is -1.89. The molecule has 0 radical (unpaired) electrons. The number of benzene rings is 1. The van der Waals surface area contributed by atoms with Gasteiger partial charge in [0.2, 0.25) is 0 Å². The number of halogens is 2. The average Bonchev–Trinajstić information content (AvgIpc) is 2.59. The molecule has 0 heterocycles. The number of guanidine groups is 1. The summed E-state index contributed by atoms with van der Waals surface area (Å²) in [7, 11) is 1.69. The van der Waals surface area contributed by atoms with Crippen LogP contribution in [0.2, 0.25) is 0 Å². The van der Waals surface area contributed by atoms with Crippen LogP contribution in [0.3, 0.4) is 0 Å². The van der Waals surface area contributed by atoms with Crippen LogP contribution in [0.15, 0.2) is 23.2 Å². The van der Waals surface area contributed by atoms with E-state index in [0.717, 1.165) is 38.2 Å². The van der Waals surface area contributed by atoms with Gasteiger partial charge in [-0.2, -0.15) is 8.78 Å². The maximum Gasteiger partial charge on any atom is 0.387 e. The van der Waals surface area contributed by atoms with Crippen molar-refractivity contribution in [2.75, 3.05) is 33.2 Å². The highest BCUT2D eigenvalue weighted by atomic mass is 19.3. The maximum atomic E-state index is 12.5. The first kappa shape index (κ1) is 21.2. The fourth-order valence-corrected chi connectivity index (χ4v) is 2.51. The van der Waals surface area contributed by atoms with Crippen LogP contribution < -0.4 is 15.4 Å².